The van der Waals surface area contributed by atoms with Gasteiger partial charge in [0.2, 0.25) is 5.78 Å². The molecule has 0 aliphatic heterocycles. The number of rotatable bonds is 0. The van der Waals surface area contributed by atoms with Crippen molar-refractivity contribution in [3.63, 3.8) is 0 Å². The number of alkyl halides is 3. The van der Waals surface area contributed by atoms with Gasteiger partial charge in [0.15, 0.2) is 0 Å². The van der Waals surface area contributed by atoms with Crippen LogP contribution in [0.3, 0.4) is 0 Å². The first-order chi connectivity index (χ1) is 9.55. The quantitative estimate of drug-likeness (QED) is 0.517. The summed E-state index contributed by atoms with van der Waals surface area (Å²) in [4.78, 5) is 7.14. The molecular weight excluding hydrogens is 267 g/mol. The lowest BCUT2D eigenvalue weighted by atomic mass is 10.2. The van der Waals surface area contributed by atoms with E-state index in [1.54, 1.807) is 10.5 Å². The number of H-pyrrole nitrogens is 1. The van der Waals surface area contributed by atoms with Crippen LogP contribution in [-0.4, -0.2) is 14.4 Å². The fourth-order valence-electron chi connectivity index (χ4n) is 2.55. The van der Waals surface area contributed by atoms with Gasteiger partial charge in [-0.1, -0.05) is 18.2 Å². The Kier molecular flexibility index (Phi) is 2.00. The van der Waals surface area contributed by atoms with E-state index in [1.807, 2.05) is 24.3 Å². The fourth-order valence-corrected chi connectivity index (χ4v) is 2.55. The molecule has 0 aliphatic carbocycles. The molecule has 4 rings (SSSR count). The Labute approximate surface area is 110 Å². The number of para-hydroxylation sites is 3. The zero-order chi connectivity index (χ0) is 13.9. The summed E-state index contributed by atoms with van der Waals surface area (Å²) >= 11 is 0. The van der Waals surface area contributed by atoms with Crippen LogP contribution in [-0.2, 0) is 6.18 Å². The molecule has 0 amide bonds. The van der Waals surface area contributed by atoms with Crippen molar-refractivity contribution in [3.8, 4) is 0 Å². The average Bonchev–Trinajstić information content (AvgIpc) is 2.91. The number of halogens is 3. The van der Waals surface area contributed by atoms with Gasteiger partial charge < -0.3 is 4.98 Å². The number of aromatic nitrogens is 3. The fraction of sp³-hybridized carbons (Fsp3) is 0.0714. The summed E-state index contributed by atoms with van der Waals surface area (Å²) in [5.41, 5.74) is 1.36. The van der Waals surface area contributed by atoms with E-state index in [0.29, 0.717) is 11.3 Å². The normalized spacial score (nSPS) is 12.8. The van der Waals surface area contributed by atoms with Crippen molar-refractivity contribution in [2.75, 3.05) is 0 Å². The van der Waals surface area contributed by atoms with E-state index in [1.165, 1.54) is 6.07 Å². The summed E-state index contributed by atoms with van der Waals surface area (Å²) in [5, 5.41) is 0. The first-order valence-electron chi connectivity index (χ1n) is 6.01. The molecule has 0 fully saturated rings. The molecule has 0 saturated heterocycles. The van der Waals surface area contributed by atoms with E-state index in [9.17, 15) is 13.2 Å². The van der Waals surface area contributed by atoms with E-state index in [0.717, 1.165) is 17.1 Å². The number of nitrogens with one attached hydrogen (secondary N) is 1. The number of aromatic amines is 1. The van der Waals surface area contributed by atoms with Gasteiger partial charge in [-0.3, -0.25) is 4.40 Å². The van der Waals surface area contributed by atoms with Crippen molar-refractivity contribution >= 4 is 27.8 Å². The van der Waals surface area contributed by atoms with Crippen LogP contribution >= 0.6 is 0 Å². The Morgan fingerprint density at radius 3 is 2.50 bits per heavy atom. The third-order valence-electron chi connectivity index (χ3n) is 3.38. The number of imidazole rings is 2. The highest BCUT2D eigenvalue weighted by molar-refractivity contribution is 5.91. The molecule has 100 valence electrons. The Morgan fingerprint density at radius 1 is 0.950 bits per heavy atom. The van der Waals surface area contributed by atoms with Crippen molar-refractivity contribution in [1.82, 2.24) is 14.4 Å². The maximum Gasteiger partial charge on any atom is 0.418 e. The minimum Gasteiger partial charge on any atom is -0.323 e. The molecule has 0 aliphatic rings. The van der Waals surface area contributed by atoms with Gasteiger partial charge in [-0.05, 0) is 24.3 Å². The molecule has 0 saturated carbocycles. The second-order valence-corrected chi connectivity index (χ2v) is 4.58. The summed E-state index contributed by atoms with van der Waals surface area (Å²) in [6, 6.07) is 11.5. The van der Waals surface area contributed by atoms with Gasteiger partial charge in [-0.15, -0.1) is 0 Å². The molecule has 0 unspecified atom stereocenters. The predicted octanol–water partition coefficient (Wildman–Crippen LogP) is 3.99. The smallest absolute Gasteiger partial charge is 0.323 e. The first-order valence-corrected chi connectivity index (χ1v) is 6.01. The van der Waals surface area contributed by atoms with Crippen molar-refractivity contribution in [1.29, 1.82) is 0 Å². The Hall–Kier alpha value is -2.50. The molecule has 0 spiro atoms. The second kappa shape index (κ2) is 3.53. The largest absolute Gasteiger partial charge is 0.418 e. The topological polar surface area (TPSA) is 33.1 Å². The summed E-state index contributed by atoms with van der Waals surface area (Å²) in [7, 11) is 0. The number of hydrogen-bond donors (Lipinski definition) is 1. The van der Waals surface area contributed by atoms with E-state index in [2.05, 4.69) is 9.97 Å². The molecule has 0 bridgehead atoms. The summed E-state index contributed by atoms with van der Waals surface area (Å²) in [6.45, 7) is 0. The zero-order valence-corrected chi connectivity index (χ0v) is 10.1. The lowest BCUT2D eigenvalue weighted by molar-refractivity contribution is -0.136. The predicted molar refractivity (Wildman–Crippen MR) is 69.6 cm³/mol. The molecular formula is C14H8F3N3. The molecule has 6 heteroatoms. The van der Waals surface area contributed by atoms with Gasteiger partial charge >= 0.3 is 6.18 Å². The summed E-state index contributed by atoms with van der Waals surface area (Å²) < 4.78 is 40.7. The third kappa shape index (κ3) is 1.39. The van der Waals surface area contributed by atoms with Crippen molar-refractivity contribution in [2.24, 2.45) is 0 Å². The second-order valence-electron chi connectivity index (χ2n) is 4.58. The summed E-state index contributed by atoms with van der Waals surface area (Å²) in [5.74, 6) is 0.415. The van der Waals surface area contributed by atoms with Gasteiger partial charge in [0, 0.05) is 0 Å². The van der Waals surface area contributed by atoms with Gasteiger partial charge in [-0.25, -0.2) is 4.98 Å². The van der Waals surface area contributed by atoms with Gasteiger partial charge in [-0.2, -0.15) is 13.2 Å². The van der Waals surface area contributed by atoms with Crippen molar-refractivity contribution < 1.29 is 13.2 Å². The molecule has 2 aromatic heterocycles. The third-order valence-corrected chi connectivity index (χ3v) is 3.38. The molecule has 0 radical (unpaired) electrons. The van der Waals surface area contributed by atoms with Crippen LogP contribution in [0.5, 0.6) is 0 Å². The van der Waals surface area contributed by atoms with E-state index in [-0.39, 0.29) is 5.52 Å². The molecule has 0 atom stereocenters. The number of hydrogen-bond acceptors (Lipinski definition) is 1. The molecule has 1 N–H and O–H groups in total. The zero-order valence-electron chi connectivity index (χ0n) is 10.1. The number of nitrogens with zero attached hydrogens (tertiary/aromatic N) is 2. The Balaban J connectivity index is 2.22. The standard InChI is InChI=1S/C14H8F3N3/c15-14(16,17)8-4-3-7-11-12(8)19-13-18-9-5-1-2-6-10(9)20(11)13/h1-7H,(H,18,19). The highest BCUT2D eigenvalue weighted by Gasteiger charge is 2.34. The minimum atomic E-state index is -4.41. The lowest BCUT2D eigenvalue weighted by Gasteiger charge is -2.06. The maximum absolute atomic E-state index is 13.0. The minimum absolute atomic E-state index is 0.0306. The van der Waals surface area contributed by atoms with Crippen LogP contribution in [0, 0.1) is 0 Å². The van der Waals surface area contributed by atoms with Crippen LogP contribution in [0.15, 0.2) is 42.5 Å². The first kappa shape index (κ1) is 11.3. The van der Waals surface area contributed by atoms with Gasteiger partial charge in [0.1, 0.15) is 5.52 Å². The van der Waals surface area contributed by atoms with Crippen molar-refractivity contribution in [3.05, 3.63) is 48.0 Å². The number of benzene rings is 2. The number of fused-ring (bicyclic) bond motifs is 5. The highest BCUT2D eigenvalue weighted by atomic mass is 19.4. The van der Waals surface area contributed by atoms with Gasteiger partial charge in [0.25, 0.3) is 0 Å². The van der Waals surface area contributed by atoms with Crippen LogP contribution in [0.2, 0.25) is 0 Å². The van der Waals surface area contributed by atoms with Crippen LogP contribution in [0.25, 0.3) is 27.8 Å². The van der Waals surface area contributed by atoms with Crippen LogP contribution < -0.4 is 0 Å². The van der Waals surface area contributed by atoms with Crippen molar-refractivity contribution in [2.45, 2.75) is 6.18 Å². The monoisotopic (exact) mass is 275 g/mol. The molecule has 20 heavy (non-hydrogen) atoms. The van der Waals surface area contributed by atoms with Crippen LogP contribution in [0.1, 0.15) is 5.56 Å². The SMILES string of the molecule is FC(F)(F)c1cccc2c1nc1[nH]c3ccccc3n12. The van der Waals surface area contributed by atoms with E-state index < -0.39 is 11.7 Å². The summed E-state index contributed by atoms with van der Waals surface area (Å²) in [6.07, 6.45) is -4.41. The molecule has 2 aromatic carbocycles. The maximum atomic E-state index is 13.0. The van der Waals surface area contributed by atoms with Crippen LogP contribution in [0.4, 0.5) is 13.2 Å². The van der Waals surface area contributed by atoms with Gasteiger partial charge in [0.05, 0.1) is 22.1 Å². The molecule has 4 aromatic rings. The molecule has 3 nitrogen and oxygen atoms in total. The average molecular weight is 275 g/mol. The Morgan fingerprint density at radius 2 is 1.70 bits per heavy atom. The Bertz CT molecular complexity index is 947. The molecule has 2 heterocycles. The van der Waals surface area contributed by atoms with E-state index >= 15 is 0 Å². The highest BCUT2D eigenvalue weighted by Crippen LogP contribution is 2.35. The lowest BCUT2D eigenvalue weighted by Crippen LogP contribution is -2.05. The van der Waals surface area contributed by atoms with E-state index in [4.69, 9.17) is 0 Å².